The number of ether oxygens (including phenoxy) is 3. The molecule has 1 saturated heterocycles. The second-order valence-corrected chi connectivity index (χ2v) is 10.3. The van der Waals surface area contributed by atoms with Gasteiger partial charge in [-0.25, -0.2) is 14.8 Å². The number of H-pyrrole nitrogens is 1. The quantitative estimate of drug-likeness (QED) is 0.353. The number of methoxy groups -OCH3 is 2. The Balaban J connectivity index is 0.00000280. The highest BCUT2D eigenvalue weighted by atomic mass is 35.5. The van der Waals surface area contributed by atoms with E-state index in [1.807, 2.05) is 18.2 Å². The van der Waals surface area contributed by atoms with Crippen molar-refractivity contribution in [3.8, 4) is 17.4 Å². The predicted molar refractivity (Wildman–Crippen MR) is 144 cm³/mol. The Morgan fingerprint density at radius 3 is 2.81 bits per heavy atom. The summed E-state index contributed by atoms with van der Waals surface area (Å²) in [4.78, 5) is 40.4. The van der Waals surface area contributed by atoms with Gasteiger partial charge >= 0.3 is 5.69 Å². The van der Waals surface area contributed by atoms with E-state index in [9.17, 15) is 9.59 Å². The summed E-state index contributed by atoms with van der Waals surface area (Å²) in [6.07, 6.45) is 3.12. The van der Waals surface area contributed by atoms with Crippen LogP contribution in [0.15, 0.2) is 34.0 Å². The lowest BCUT2D eigenvalue weighted by Gasteiger charge is -2.29. The van der Waals surface area contributed by atoms with Crippen LogP contribution in [0.5, 0.6) is 17.4 Å². The molecule has 6 rings (SSSR count). The van der Waals surface area contributed by atoms with Crippen LogP contribution >= 0.6 is 23.7 Å². The summed E-state index contributed by atoms with van der Waals surface area (Å²) in [5.74, 6) is 2.99. The van der Waals surface area contributed by atoms with E-state index in [4.69, 9.17) is 14.2 Å². The fourth-order valence-electron chi connectivity index (χ4n) is 5.45. The first kappa shape index (κ1) is 25.5. The van der Waals surface area contributed by atoms with Gasteiger partial charge in [0, 0.05) is 37.0 Å². The SMILES string of the molecule is COc1cnc2sc3c(=O)n(CCCCN4C[C@H]5COc6cccc(OC)c6[C@@H]5C4)c(=O)[nH]c3c2n1.Cl. The molecular weight excluding hydrogens is 518 g/mol. The number of nitrogens with one attached hydrogen (secondary N) is 1. The Morgan fingerprint density at radius 1 is 1.16 bits per heavy atom. The van der Waals surface area contributed by atoms with Crippen LogP contribution in [0, 0.1) is 5.92 Å². The van der Waals surface area contributed by atoms with Crippen LogP contribution in [-0.4, -0.2) is 64.9 Å². The van der Waals surface area contributed by atoms with Gasteiger partial charge in [0.1, 0.15) is 26.5 Å². The second-order valence-electron chi connectivity index (χ2n) is 9.28. The first-order valence-corrected chi connectivity index (χ1v) is 12.9. The highest BCUT2D eigenvalue weighted by Crippen LogP contribution is 2.46. The molecule has 12 heteroatoms. The van der Waals surface area contributed by atoms with Crippen molar-refractivity contribution in [2.75, 3.05) is 40.5 Å². The molecule has 4 aromatic rings. The number of nitrogens with zero attached hydrogens (tertiary/aromatic N) is 4. The number of likely N-dealkylation sites (tertiary alicyclic amines) is 1. The molecule has 0 aliphatic carbocycles. The van der Waals surface area contributed by atoms with Crippen LogP contribution in [0.4, 0.5) is 0 Å². The zero-order valence-corrected chi connectivity index (χ0v) is 22.2. The van der Waals surface area contributed by atoms with E-state index in [1.165, 1.54) is 34.8 Å². The maximum absolute atomic E-state index is 13.1. The third-order valence-electron chi connectivity index (χ3n) is 7.20. The molecule has 2 aliphatic heterocycles. The van der Waals surface area contributed by atoms with Crippen molar-refractivity contribution in [2.24, 2.45) is 5.92 Å². The molecular formula is C25H28ClN5O5S. The van der Waals surface area contributed by atoms with Crippen LogP contribution in [0.3, 0.4) is 0 Å². The minimum absolute atomic E-state index is 0. The van der Waals surface area contributed by atoms with E-state index in [0.717, 1.165) is 50.6 Å². The van der Waals surface area contributed by atoms with Crippen LogP contribution in [-0.2, 0) is 6.54 Å². The van der Waals surface area contributed by atoms with Crippen molar-refractivity contribution in [3.05, 3.63) is 50.8 Å². The van der Waals surface area contributed by atoms with E-state index in [0.29, 0.717) is 44.8 Å². The molecule has 0 unspecified atom stereocenters. The number of hydrogen-bond donors (Lipinski definition) is 1. The second kappa shape index (κ2) is 10.3. The molecule has 0 spiro atoms. The number of rotatable bonds is 7. The van der Waals surface area contributed by atoms with Crippen molar-refractivity contribution in [1.29, 1.82) is 0 Å². The molecule has 0 saturated carbocycles. The molecule has 1 aromatic carbocycles. The van der Waals surface area contributed by atoms with Gasteiger partial charge in [-0.15, -0.1) is 23.7 Å². The molecule has 1 fully saturated rings. The molecule has 0 radical (unpaired) electrons. The van der Waals surface area contributed by atoms with Gasteiger partial charge in [0.15, 0.2) is 0 Å². The van der Waals surface area contributed by atoms with Gasteiger partial charge in [0.25, 0.3) is 5.56 Å². The summed E-state index contributed by atoms with van der Waals surface area (Å²) in [5, 5.41) is 0. The number of benzene rings is 1. The largest absolute Gasteiger partial charge is 0.496 e. The van der Waals surface area contributed by atoms with Gasteiger partial charge < -0.3 is 24.1 Å². The molecule has 5 heterocycles. The van der Waals surface area contributed by atoms with Crippen molar-refractivity contribution < 1.29 is 14.2 Å². The minimum Gasteiger partial charge on any atom is -0.496 e. The molecule has 1 N–H and O–H groups in total. The number of unbranched alkanes of at least 4 members (excludes halogenated alkanes) is 1. The molecule has 0 amide bonds. The van der Waals surface area contributed by atoms with Gasteiger partial charge in [-0.05, 0) is 31.5 Å². The average Bonchev–Trinajstić information content (AvgIpc) is 3.48. The maximum Gasteiger partial charge on any atom is 0.328 e. The summed E-state index contributed by atoms with van der Waals surface area (Å²) in [6.45, 7) is 3.92. The normalized spacial score (nSPS) is 18.8. The number of halogens is 1. The standard InChI is InChI=1S/C25H27N5O5S.ClH/c1-33-16-6-5-7-17-19(16)15-12-29(11-14(15)13-35-17)8-3-4-9-30-24(31)22-20(28-25(30)32)21-23(36-22)26-10-18(27-21)34-2;/h5-7,10,14-15H,3-4,8-9,11-13H2,1-2H3,(H,28,32);1H/t14-,15+;/m0./s1. The Labute approximate surface area is 222 Å². The summed E-state index contributed by atoms with van der Waals surface area (Å²) in [7, 11) is 3.20. The summed E-state index contributed by atoms with van der Waals surface area (Å²) < 4.78 is 18.5. The van der Waals surface area contributed by atoms with E-state index in [-0.39, 0.29) is 18.0 Å². The first-order valence-electron chi connectivity index (χ1n) is 12.1. The van der Waals surface area contributed by atoms with Crippen molar-refractivity contribution >= 4 is 44.3 Å². The van der Waals surface area contributed by atoms with E-state index in [2.05, 4.69) is 19.9 Å². The van der Waals surface area contributed by atoms with Crippen molar-refractivity contribution in [1.82, 2.24) is 24.4 Å². The number of fused-ring (bicyclic) bond motifs is 6. The fraction of sp³-hybridized carbons (Fsp3) is 0.440. The van der Waals surface area contributed by atoms with E-state index >= 15 is 0 Å². The van der Waals surface area contributed by atoms with E-state index < -0.39 is 5.69 Å². The average molecular weight is 546 g/mol. The molecule has 2 atom stereocenters. The Hall–Kier alpha value is -3.15. The lowest BCUT2D eigenvalue weighted by atomic mass is 9.86. The summed E-state index contributed by atoms with van der Waals surface area (Å²) in [6, 6.07) is 5.98. The third kappa shape index (κ3) is 4.45. The number of hydrogen-bond acceptors (Lipinski definition) is 9. The van der Waals surface area contributed by atoms with Gasteiger partial charge in [-0.2, -0.15) is 0 Å². The number of thiophene rings is 1. The van der Waals surface area contributed by atoms with Crippen molar-refractivity contribution in [3.63, 3.8) is 0 Å². The van der Waals surface area contributed by atoms with Crippen molar-refractivity contribution in [2.45, 2.75) is 25.3 Å². The summed E-state index contributed by atoms with van der Waals surface area (Å²) in [5.41, 5.74) is 1.35. The van der Waals surface area contributed by atoms with Crippen LogP contribution in [0.1, 0.15) is 24.3 Å². The molecule has 3 aromatic heterocycles. The monoisotopic (exact) mass is 545 g/mol. The Morgan fingerprint density at radius 2 is 2.00 bits per heavy atom. The molecule has 2 aliphatic rings. The zero-order chi connectivity index (χ0) is 24.8. The lowest BCUT2D eigenvalue weighted by molar-refractivity contribution is 0.209. The van der Waals surface area contributed by atoms with Gasteiger partial charge in [-0.3, -0.25) is 9.36 Å². The first-order chi connectivity index (χ1) is 17.6. The Bertz CT molecular complexity index is 1550. The zero-order valence-electron chi connectivity index (χ0n) is 20.6. The number of aromatic amines is 1. The molecule has 196 valence electrons. The number of aromatic nitrogens is 4. The Kier molecular flexibility index (Phi) is 7.11. The van der Waals surface area contributed by atoms with Gasteiger partial charge in [0.05, 0.1) is 32.5 Å². The maximum atomic E-state index is 13.1. The van der Waals surface area contributed by atoms with Gasteiger partial charge in [-0.1, -0.05) is 6.07 Å². The molecule has 37 heavy (non-hydrogen) atoms. The van der Waals surface area contributed by atoms with Gasteiger partial charge in [0.2, 0.25) is 5.88 Å². The van der Waals surface area contributed by atoms with E-state index in [1.54, 1.807) is 7.11 Å². The molecule has 10 nitrogen and oxygen atoms in total. The third-order valence-corrected chi connectivity index (χ3v) is 8.27. The van der Waals surface area contributed by atoms with Crippen LogP contribution < -0.4 is 25.5 Å². The van der Waals surface area contributed by atoms with Crippen LogP contribution in [0.2, 0.25) is 0 Å². The highest BCUT2D eigenvalue weighted by Gasteiger charge is 2.40. The topological polar surface area (TPSA) is 112 Å². The molecule has 0 bridgehead atoms. The highest BCUT2D eigenvalue weighted by molar-refractivity contribution is 7.25. The lowest BCUT2D eigenvalue weighted by Crippen LogP contribution is -2.34. The predicted octanol–water partition coefficient (Wildman–Crippen LogP) is 3.02. The minimum atomic E-state index is -0.426. The fourth-order valence-corrected chi connectivity index (χ4v) is 6.44. The smallest absolute Gasteiger partial charge is 0.328 e. The van der Waals surface area contributed by atoms with Crippen LogP contribution in [0.25, 0.3) is 20.6 Å². The summed E-state index contributed by atoms with van der Waals surface area (Å²) >= 11 is 1.24.